The van der Waals surface area contributed by atoms with Gasteiger partial charge in [0.1, 0.15) is 0 Å². The fraction of sp³-hybridized carbons (Fsp3) is 0.200. The molecular formula is C15H18N2O2S. The lowest BCUT2D eigenvalue weighted by atomic mass is 10.1. The first-order chi connectivity index (χ1) is 9.38. The van der Waals surface area contributed by atoms with Crippen LogP contribution in [0.5, 0.6) is 0 Å². The van der Waals surface area contributed by atoms with Gasteiger partial charge in [-0.1, -0.05) is 24.3 Å². The third-order valence-electron chi connectivity index (χ3n) is 3.04. The normalized spacial score (nSPS) is 13.1. The third kappa shape index (κ3) is 3.37. The number of aryl methyl sites for hydroxylation is 1. The van der Waals surface area contributed by atoms with Crippen LogP contribution in [0.1, 0.15) is 24.1 Å². The lowest BCUT2D eigenvalue weighted by Crippen LogP contribution is -2.27. The molecule has 0 bridgehead atoms. The first-order valence-corrected chi connectivity index (χ1v) is 7.81. The average molecular weight is 290 g/mol. The summed E-state index contributed by atoms with van der Waals surface area (Å²) in [6, 6.07) is 13.7. The van der Waals surface area contributed by atoms with Gasteiger partial charge in [0.2, 0.25) is 10.0 Å². The molecule has 3 N–H and O–H groups in total. The van der Waals surface area contributed by atoms with Crippen molar-refractivity contribution in [2.75, 3.05) is 5.73 Å². The highest BCUT2D eigenvalue weighted by molar-refractivity contribution is 7.89. The van der Waals surface area contributed by atoms with Crippen molar-refractivity contribution in [3.63, 3.8) is 0 Å². The Labute approximate surface area is 119 Å². The summed E-state index contributed by atoms with van der Waals surface area (Å²) >= 11 is 0. The average Bonchev–Trinajstić information content (AvgIpc) is 2.38. The van der Waals surface area contributed by atoms with Gasteiger partial charge >= 0.3 is 0 Å². The van der Waals surface area contributed by atoms with Crippen LogP contribution in [0.4, 0.5) is 5.69 Å². The Kier molecular flexibility index (Phi) is 4.11. The van der Waals surface area contributed by atoms with Gasteiger partial charge in [-0.2, -0.15) is 0 Å². The van der Waals surface area contributed by atoms with Crippen molar-refractivity contribution in [1.82, 2.24) is 4.72 Å². The van der Waals surface area contributed by atoms with Crippen molar-refractivity contribution in [3.05, 3.63) is 59.7 Å². The number of sulfonamides is 1. The topological polar surface area (TPSA) is 72.2 Å². The molecule has 0 amide bonds. The van der Waals surface area contributed by atoms with Crippen molar-refractivity contribution in [1.29, 1.82) is 0 Å². The van der Waals surface area contributed by atoms with Crippen LogP contribution in [0.15, 0.2) is 53.4 Å². The summed E-state index contributed by atoms with van der Waals surface area (Å²) in [5, 5.41) is 0. The first-order valence-electron chi connectivity index (χ1n) is 6.33. The van der Waals surface area contributed by atoms with Crippen LogP contribution >= 0.6 is 0 Å². The zero-order valence-electron chi connectivity index (χ0n) is 11.5. The summed E-state index contributed by atoms with van der Waals surface area (Å²) in [4.78, 5) is 0.272. The minimum atomic E-state index is -3.53. The molecule has 5 heteroatoms. The Morgan fingerprint density at radius 3 is 2.45 bits per heavy atom. The van der Waals surface area contributed by atoms with Crippen LogP contribution in [0.2, 0.25) is 0 Å². The van der Waals surface area contributed by atoms with Crippen LogP contribution < -0.4 is 10.5 Å². The lowest BCUT2D eigenvalue weighted by molar-refractivity contribution is 0.567. The molecule has 0 aliphatic rings. The predicted octanol–water partition coefficient (Wildman–Crippen LogP) is 2.62. The van der Waals surface area contributed by atoms with Crippen molar-refractivity contribution in [2.45, 2.75) is 24.8 Å². The van der Waals surface area contributed by atoms with E-state index >= 15 is 0 Å². The maximum atomic E-state index is 12.3. The second kappa shape index (κ2) is 5.64. The molecule has 0 saturated heterocycles. The fourth-order valence-corrected chi connectivity index (χ4v) is 3.32. The summed E-state index contributed by atoms with van der Waals surface area (Å²) in [5.41, 5.74) is 8.07. The van der Waals surface area contributed by atoms with Gasteiger partial charge in [0.25, 0.3) is 0 Å². The van der Waals surface area contributed by atoms with E-state index in [2.05, 4.69) is 4.72 Å². The number of nitrogens with one attached hydrogen (secondary N) is 1. The van der Waals surface area contributed by atoms with Gasteiger partial charge in [0, 0.05) is 11.7 Å². The van der Waals surface area contributed by atoms with E-state index in [1.165, 1.54) is 0 Å². The molecule has 0 radical (unpaired) electrons. The van der Waals surface area contributed by atoms with E-state index in [-0.39, 0.29) is 10.9 Å². The van der Waals surface area contributed by atoms with Crippen molar-refractivity contribution < 1.29 is 8.42 Å². The van der Waals surface area contributed by atoms with Crippen LogP contribution in [0, 0.1) is 6.92 Å². The molecule has 106 valence electrons. The molecule has 0 aromatic heterocycles. The molecule has 0 aliphatic carbocycles. The SMILES string of the molecule is Cc1cccc(S(=O)(=O)NC(C)c2cccc(N)c2)c1. The number of nitrogens with two attached hydrogens (primary N) is 1. The molecule has 2 rings (SSSR count). The van der Waals surface area contributed by atoms with E-state index in [1.54, 1.807) is 37.3 Å². The quantitative estimate of drug-likeness (QED) is 0.850. The van der Waals surface area contributed by atoms with Crippen molar-refractivity contribution in [2.24, 2.45) is 0 Å². The Hall–Kier alpha value is -1.85. The predicted molar refractivity (Wildman–Crippen MR) is 80.8 cm³/mol. The van der Waals surface area contributed by atoms with Gasteiger partial charge < -0.3 is 5.73 Å². The molecule has 0 aliphatic heterocycles. The molecule has 2 aromatic rings. The molecule has 0 spiro atoms. The Balaban J connectivity index is 2.24. The number of nitrogen functional groups attached to an aromatic ring is 1. The largest absolute Gasteiger partial charge is 0.399 e. The maximum absolute atomic E-state index is 12.3. The smallest absolute Gasteiger partial charge is 0.241 e. The van der Waals surface area contributed by atoms with Crippen LogP contribution in [0.3, 0.4) is 0 Å². The minimum Gasteiger partial charge on any atom is -0.399 e. The highest BCUT2D eigenvalue weighted by Crippen LogP contribution is 2.19. The van der Waals surface area contributed by atoms with E-state index in [0.717, 1.165) is 11.1 Å². The summed E-state index contributed by atoms with van der Waals surface area (Å²) < 4.78 is 27.3. The zero-order chi connectivity index (χ0) is 14.8. The highest BCUT2D eigenvalue weighted by atomic mass is 32.2. The third-order valence-corrected chi connectivity index (χ3v) is 4.58. The Bertz CT molecular complexity index is 711. The highest BCUT2D eigenvalue weighted by Gasteiger charge is 2.18. The van der Waals surface area contributed by atoms with Crippen molar-refractivity contribution in [3.8, 4) is 0 Å². The van der Waals surface area contributed by atoms with Gasteiger partial charge in [-0.3, -0.25) is 0 Å². The summed E-state index contributed by atoms with van der Waals surface area (Å²) in [6.45, 7) is 3.66. The van der Waals surface area contributed by atoms with E-state index in [9.17, 15) is 8.42 Å². The monoisotopic (exact) mass is 290 g/mol. The number of hydrogen-bond donors (Lipinski definition) is 2. The van der Waals surface area contributed by atoms with Crippen molar-refractivity contribution >= 4 is 15.7 Å². The summed E-state index contributed by atoms with van der Waals surface area (Å²) in [5.74, 6) is 0. The van der Waals surface area contributed by atoms with E-state index < -0.39 is 10.0 Å². The molecule has 20 heavy (non-hydrogen) atoms. The zero-order valence-corrected chi connectivity index (χ0v) is 12.3. The molecule has 0 heterocycles. The van der Waals surface area contributed by atoms with Crippen LogP contribution in [-0.4, -0.2) is 8.42 Å². The fourth-order valence-electron chi connectivity index (χ4n) is 1.98. The minimum absolute atomic E-state index is 0.272. The number of rotatable bonds is 4. The molecular weight excluding hydrogens is 272 g/mol. The first kappa shape index (κ1) is 14.6. The number of anilines is 1. The molecule has 1 atom stereocenters. The second-order valence-corrected chi connectivity index (χ2v) is 6.54. The van der Waals surface area contributed by atoms with Gasteiger partial charge in [-0.05, 0) is 49.2 Å². The van der Waals surface area contributed by atoms with E-state index in [4.69, 9.17) is 5.73 Å². The molecule has 4 nitrogen and oxygen atoms in total. The second-order valence-electron chi connectivity index (χ2n) is 4.83. The van der Waals surface area contributed by atoms with E-state index in [0.29, 0.717) is 5.69 Å². The molecule has 1 unspecified atom stereocenters. The van der Waals surface area contributed by atoms with Gasteiger partial charge in [-0.25, -0.2) is 13.1 Å². The summed E-state index contributed by atoms with van der Waals surface area (Å²) in [7, 11) is -3.53. The molecule has 0 saturated carbocycles. The number of benzene rings is 2. The standard InChI is InChI=1S/C15H18N2O2S/c1-11-5-3-8-15(9-11)20(18,19)17-12(2)13-6-4-7-14(16)10-13/h3-10,12,17H,16H2,1-2H3. The van der Waals surface area contributed by atoms with Gasteiger partial charge in [-0.15, -0.1) is 0 Å². The Morgan fingerprint density at radius 1 is 1.10 bits per heavy atom. The molecule has 2 aromatic carbocycles. The van der Waals surface area contributed by atoms with Gasteiger partial charge in [0.15, 0.2) is 0 Å². The maximum Gasteiger partial charge on any atom is 0.241 e. The van der Waals surface area contributed by atoms with E-state index in [1.807, 2.05) is 25.1 Å². The molecule has 0 fully saturated rings. The summed E-state index contributed by atoms with van der Waals surface area (Å²) in [6.07, 6.45) is 0. The van der Waals surface area contributed by atoms with Gasteiger partial charge in [0.05, 0.1) is 4.90 Å². The lowest BCUT2D eigenvalue weighted by Gasteiger charge is -2.15. The van der Waals surface area contributed by atoms with Crippen LogP contribution in [0.25, 0.3) is 0 Å². The van der Waals surface area contributed by atoms with Crippen LogP contribution in [-0.2, 0) is 10.0 Å². The Morgan fingerprint density at radius 2 is 1.80 bits per heavy atom. The number of hydrogen-bond acceptors (Lipinski definition) is 3.